The maximum atomic E-state index is 13.6. The molecule has 0 spiro atoms. The van der Waals surface area contributed by atoms with Crippen LogP contribution in [0, 0.1) is 15.9 Å². The lowest BCUT2D eigenvalue weighted by atomic mass is 10.2. The molecule has 1 heterocycles. The Kier molecular flexibility index (Phi) is 2.38. The van der Waals surface area contributed by atoms with E-state index in [1.807, 2.05) is 13.8 Å². The molecule has 0 saturated heterocycles. The van der Waals surface area contributed by atoms with Crippen LogP contribution >= 0.6 is 0 Å². The van der Waals surface area contributed by atoms with Crippen LogP contribution in [0.5, 0.6) is 0 Å². The third-order valence-electron chi connectivity index (χ3n) is 2.54. The van der Waals surface area contributed by atoms with Crippen LogP contribution in [0.1, 0.15) is 19.9 Å². The lowest BCUT2D eigenvalue weighted by Crippen LogP contribution is -1.98. The molecule has 0 atom stereocenters. The van der Waals surface area contributed by atoms with Gasteiger partial charge in [0.1, 0.15) is 5.82 Å². The first-order valence-electron chi connectivity index (χ1n) is 4.95. The normalized spacial score (nSPS) is 11.2. The molecular formula is C11H11FN2O2. The molecule has 0 aliphatic carbocycles. The first-order chi connectivity index (χ1) is 7.50. The van der Waals surface area contributed by atoms with Gasteiger partial charge in [0.15, 0.2) is 0 Å². The predicted molar refractivity (Wildman–Crippen MR) is 58.9 cm³/mol. The van der Waals surface area contributed by atoms with Crippen molar-refractivity contribution < 1.29 is 9.31 Å². The predicted octanol–water partition coefficient (Wildman–Crippen LogP) is 3.27. The monoisotopic (exact) mass is 222 g/mol. The molecule has 16 heavy (non-hydrogen) atoms. The molecule has 1 aromatic carbocycles. The molecule has 1 aromatic heterocycles. The van der Waals surface area contributed by atoms with Gasteiger partial charge in [-0.25, -0.2) is 4.39 Å². The van der Waals surface area contributed by atoms with Gasteiger partial charge < -0.3 is 4.57 Å². The smallest absolute Gasteiger partial charge is 0.270 e. The van der Waals surface area contributed by atoms with E-state index in [9.17, 15) is 14.5 Å². The minimum atomic E-state index is -0.522. The molecule has 0 unspecified atom stereocenters. The van der Waals surface area contributed by atoms with E-state index >= 15 is 0 Å². The van der Waals surface area contributed by atoms with E-state index in [4.69, 9.17) is 0 Å². The third kappa shape index (κ3) is 1.54. The first kappa shape index (κ1) is 10.6. The van der Waals surface area contributed by atoms with Crippen LogP contribution in [0.15, 0.2) is 24.4 Å². The van der Waals surface area contributed by atoms with Gasteiger partial charge in [-0.05, 0) is 19.9 Å². The van der Waals surface area contributed by atoms with Crippen molar-refractivity contribution in [2.24, 2.45) is 0 Å². The second kappa shape index (κ2) is 3.59. The molecule has 0 bridgehead atoms. The molecule has 0 N–H and O–H groups in total. The van der Waals surface area contributed by atoms with Crippen molar-refractivity contribution in [3.8, 4) is 0 Å². The van der Waals surface area contributed by atoms with Crippen molar-refractivity contribution in [2.75, 3.05) is 0 Å². The zero-order valence-corrected chi connectivity index (χ0v) is 8.98. The largest absolute Gasteiger partial charge is 0.342 e. The van der Waals surface area contributed by atoms with E-state index in [0.717, 1.165) is 0 Å². The second-order valence-electron chi connectivity index (χ2n) is 3.94. The van der Waals surface area contributed by atoms with E-state index in [0.29, 0.717) is 10.9 Å². The van der Waals surface area contributed by atoms with Crippen LogP contribution in [-0.4, -0.2) is 9.49 Å². The summed E-state index contributed by atoms with van der Waals surface area (Å²) in [6, 6.07) is 4.36. The fraction of sp³-hybridized carbons (Fsp3) is 0.273. The molecule has 0 radical (unpaired) electrons. The molecule has 0 aliphatic rings. The minimum absolute atomic E-state index is 0.0899. The van der Waals surface area contributed by atoms with E-state index in [-0.39, 0.29) is 11.7 Å². The number of halogens is 1. The van der Waals surface area contributed by atoms with Crippen LogP contribution in [0.4, 0.5) is 10.1 Å². The zero-order chi connectivity index (χ0) is 11.9. The maximum Gasteiger partial charge on any atom is 0.270 e. The van der Waals surface area contributed by atoms with Gasteiger partial charge in [-0.1, -0.05) is 0 Å². The number of nitro groups is 1. The molecule has 4 nitrogen and oxygen atoms in total. The third-order valence-corrected chi connectivity index (χ3v) is 2.54. The molecule has 0 saturated carbocycles. The molecule has 0 amide bonds. The highest BCUT2D eigenvalue weighted by Gasteiger charge is 2.14. The van der Waals surface area contributed by atoms with Crippen molar-refractivity contribution in [2.45, 2.75) is 19.9 Å². The fourth-order valence-electron chi connectivity index (χ4n) is 1.74. The quantitative estimate of drug-likeness (QED) is 0.578. The Bertz CT molecular complexity index is 560. The highest BCUT2D eigenvalue weighted by Crippen LogP contribution is 2.27. The van der Waals surface area contributed by atoms with Crippen molar-refractivity contribution >= 4 is 16.6 Å². The summed E-state index contributed by atoms with van der Waals surface area (Å²) in [5.41, 5.74) is 0.589. The Morgan fingerprint density at radius 2 is 2.12 bits per heavy atom. The number of hydrogen-bond acceptors (Lipinski definition) is 2. The Hall–Kier alpha value is -1.91. The highest BCUT2D eigenvalue weighted by atomic mass is 19.1. The van der Waals surface area contributed by atoms with Gasteiger partial charge in [-0.15, -0.1) is 0 Å². The summed E-state index contributed by atoms with van der Waals surface area (Å²) in [5.74, 6) is -0.424. The van der Waals surface area contributed by atoms with Gasteiger partial charge in [-0.3, -0.25) is 10.1 Å². The number of nitrogens with zero attached hydrogens (tertiary/aromatic N) is 2. The number of non-ortho nitro benzene ring substituents is 1. The van der Waals surface area contributed by atoms with E-state index < -0.39 is 10.7 Å². The highest BCUT2D eigenvalue weighted by molar-refractivity contribution is 5.83. The van der Waals surface area contributed by atoms with Gasteiger partial charge >= 0.3 is 0 Å². The van der Waals surface area contributed by atoms with Crippen LogP contribution in [0.2, 0.25) is 0 Å². The number of aromatic nitrogens is 1. The van der Waals surface area contributed by atoms with E-state index in [1.165, 1.54) is 18.3 Å². The van der Waals surface area contributed by atoms with Crippen molar-refractivity contribution in [3.05, 3.63) is 40.3 Å². The molecule has 2 aromatic rings. The standard InChI is InChI=1S/C11H11FN2O2/c1-7(2)13-6-10(12)9-5-8(14(15)16)3-4-11(9)13/h3-7H,1-2H3. The Morgan fingerprint density at radius 1 is 1.44 bits per heavy atom. The minimum Gasteiger partial charge on any atom is -0.342 e. The van der Waals surface area contributed by atoms with Crippen LogP contribution in [0.3, 0.4) is 0 Å². The van der Waals surface area contributed by atoms with Crippen LogP contribution < -0.4 is 0 Å². The zero-order valence-electron chi connectivity index (χ0n) is 8.98. The SMILES string of the molecule is CC(C)n1cc(F)c2cc([N+](=O)[O-])ccc21. The van der Waals surface area contributed by atoms with Crippen molar-refractivity contribution in [1.82, 2.24) is 4.57 Å². The van der Waals surface area contributed by atoms with Gasteiger partial charge in [0.2, 0.25) is 0 Å². The Morgan fingerprint density at radius 3 is 2.69 bits per heavy atom. The molecule has 5 heteroatoms. The summed E-state index contributed by atoms with van der Waals surface area (Å²) in [5, 5.41) is 10.9. The van der Waals surface area contributed by atoms with E-state index in [2.05, 4.69) is 0 Å². The van der Waals surface area contributed by atoms with Crippen LogP contribution in [0.25, 0.3) is 10.9 Å². The average Bonchev–Trinajstić information content (AvgIpc) is 2.56. The summed E-state index contributed by atoms with van der Waals surface area (Å²) in [6.45, 7) is 3.86. The molecule has 0 aliphatic heterocycles. The summed E-state index contributed by atoms with van der Waals surface area (Å²) in [7, 11) is 0. The number of rotatable bonds is 2. The Labute approximate surface area is 91.4 Å². The van der Waals surface area contributed by atoms with E-state index in [1.54, 1.807) is 10.6 Å². The number of benzene rings is 1. The number of fused-ring (bicyclic) bond motifs is 1. The summed E-state index contributed by atoms with van der Waals surface area (Å²) >= 11 is 0. The summed E-state index contributed by atoms with van der Waals surface area (Å²) in [4.78, 5) is 10.1. The van der Waals surface area contributed by atoms with Crippen LogP contribution in [-0.2, 0) is 0 Å². The summed E-state index contributed by atoms with van der Waals surface area (Å²) < 4.78 is 15.3. The van der Waals surface area contributed by atoms with Crippen molar-refractivity contribution in [3.63, 3.8) is 0 Å². The lowest BCUT2D eigenvalue weighted by Gasteiger charge is -2.08. The topological polar surface area (TPSA) is 48.1 Å². The lowest BCUT2D eigenvalue weighted by molar-refractivity contribution is -0.384. The average molecular weight is 222 g/mol. The molecule has 2 rings (SSSR count). The molecular weight excluding hydrogens is 211 g/mol. The molecule has 0 fully saturated rings. The summed E-state index contributed by atoms with van der Waals surface area (Å²) in [6.07, 6.45) is 1.37. The number of hydrogen-bond donors (Lipinski definition) is 0. The first-order valence-corrected chi connectivity index (χ1v) is 4.95. The van der Waals surface area contributed by atoms with Gasteiger partial charge in [0, 0.05) is 29.8 Å². The van der Waals surface area contributed by atoms with Gasteiger partial charge in [0.25, 0.3) is 5.69 Å². The fourth-order valence-corrected chi connectivity index (χ4v) is 1.74. The second-order valence-corrected chi connectivity index (χ2v) is 3.94. The van der Waals surface area contributed by atoms with Gasteiger partial charge in [0.05, 0.1) is 10.4 Å². The maximum absolute atomic E-state index is 13.6. The van der Waals surface area contributed by atoms with Crippen molar-refractivity contribution in [1.29, 1.82) is 0 Å². The number of nitro benzene ring substituents is 1. The molecule has 84 valence electrons. The Balaban J connectivity index is 2.71. The van der Waals surface area contributed by atoms with Gasteiger partial charge in [-0.2, -0.15) is 0 Å².